The van der Waals surface area contributed by atoms with Crippen LogP contribution in [0.1, 0.15) is 73.3 Å². The number of hydrogen-bond acceptors (Lipinski definition) is 7. The first-order valence-corrected chi connectivity index (χ1v) is 13.6. The number of halogens is 2. The third kappa shape index (κ3) is 9.81. The van der Waals surface area contributed by atoms with E-state index in [4.69, 9.17) is 9.72 Å². The number of carboxylic acids is 1. The molecule has 2 aromatic heterocycles. The number of pyridine rings is 2. The number of rotatable bonds is 16. The number of ether oxygens (including phenoxy) is 1. The fraction of sp³-hybridized carbons (Fsp3) is 0.571. The van der Waals surface area contributed by atoms with Gasteiger partial charge in [0.15, 0.2) is 0 Å². The van der Waals surface area contributed by atoms with Gasteiger partial charge in [-0.25, -0.2) is 18.6 Å². The zero-order chi connectivity index (χ0) is 28.2. The lowest BCUT2D eigenvalue weighted by atomic mass is 10.1. The van der Waals surface area contributed by atoms with Gasteiger partial charge in [-0.3, -0.25) is 9.78 Å². The van der Waals surface area contributed by atoms with Crippen molar-refractivity contribution in [3.05, 3.63) is 53.0 Å². The van der Waals surface area contributed by atoms with E-state index in [2.05, 4.69) is 32.7 Å². The third-order valence-electron chi connectivity index (χ3n) is 6.60. The van der Waals surface area contributed by atoms with Crippen molar-refractivity contribution in [1.29, 1.82) is 0 Å². The van der Waals surface area contributed by atoms with Gasteiger partial charge in [0.25, 0.3) is 12.3 Å². The third-order valence-corrected chi connectivity index (χ3v) is 6.60. The molecule has 0 saturated heterocycles. The number of amides is 1. The molecular weight excluding hydrogens is 508 g/mol. The minimum atomic E-state index is -2.94. The van der Waals surface area contributed by atoms with Crippen molar-refractivity contribution in [2.45, 2.75) is 70.9 Å². The number of aromatic nitrogens is 2. The van der Waals surface area contributed by atoms with E-state index in [9.17, 15) is 23.5 Å². The summed E-state index contributed by atoms with van der Waals surface area (Å²) in [5.41, 5.74) is 1.31. The molecule has 2 aromatic rings. The Kier molecular flexibility index (Phi) is 12.0. The van der Waals surface area contributed by atoms with Crippen LogP contribution < -0.4 is 10.6 Å². The Balaban J connectivity index is 1.54. The Morgan fingerprint density at radius 1 is 1.18 bits per heavy atom. The number of nitrogens with zero attached hydrogens (tertiary/aromatic N) is 3. The summed E-state index contributed by atoms with van der Waals surface area (Å²) in [4.78, 5) is 34.9. The SMILES string of the molecule is CC(C)OCCN(CCCCc1ccc2c(n1)NCCC2)CC[C@H](NC(=O)c1cccnc1C(F)F)C(=O)O. The molecule has 0 fully saturated rings. The summed E-state index contributed by atoms with van der Waals surface area (Å²) in [5, 5.41) is 15.4. The van der Waals surface area contributed by atoms with E-state index in [0.29, 0.717) is 19.7 Å². The molecule has 1 aliphatic rings. The summed E-state index contributed by atoms with van der Waals surface area (Å²) < 4.78 is 32.2. The standard InChI is InChI=1S/C28H39F2N5O4/c1-19(2)39-18-17-35(15-4-3-8-21-11-10-20-7-5-14-32-26(20)33-21)16-12-23(28(37)38)34-27(36)22-9-6-13-31-24(22)25(29)30/h6,9-11,13,19,23,25H,3-5,7-8,12,14-18H2,1-2H3,(H,32,33)(H,34,36)(H,37,38)/t23-/m0/s1. The highest BCUT2D eigenvalue weighted by atomic mass is 19.3. The van der Waals surface area contributed by atoms with E-state index in [0.717, 1.165) is 56.7 Å². The molecule has 3 heterocycles. The molecule has 0 radical (unpaired) electrons. The van der Waals surface area contributed by atoms with E-state index in [1.807, 2.05) is 13.8 Å². The minimum absolute atomic E-state index is 0.0742. The predicted octanol–water partition coefficient (Wildman–Crippen LogP) is 4.10. The van der Waals surface area contributed by atoms with Gasteiger partial charge in [-0.05, 0) is 82.7 Å². The normalized spacial score (nSPS) is 13.8. The fourth-order valence-corrected chi connectivity index (χ4v) is 4.49. The van der Waals surface area contributed by atoms with Gasteiger partial charge in [0.05, 0.1) is 18.3 Å². The van der Waals surface area contributed by atoms with E-state index < -0.39 is 30.0 Å². The first-order valence-electron chi connectivity index (χ1n) is 13.6. The first kappa shape index (κ1) is 30.4. The number of anilines is 1. The Bertz CT molecular complexity index is 1090. The van der Waals surface area contributed by atoms with E-state index >= 15 is 0 Å². The van der Waals surface area contributed by atoms with Crippen molar-refractivity contribution in [3.63, 3.8) is 0 Å². The van der Waals surface area contributed by atoms with Gasteiger partial charge in [-0.2, -0.15) is 0 Å². The van der Waals surface area contributed by atoms with Crippen molar-refractivity contribution in [1.82, 2.24) is 20.2 Å². The van der Waals surface area contributed by atoms with Crippen molar-refractivity contribution in [2.24, 2.45) is 0 Å². The maximum Gasteiger partial charge on any atom is 0.326 e. The van der Waals surface area contributed by atoms with Crippen molar-refractivity contribution >= 4 is 17.7 Å². The molecule has 0 aliphatic carbocycles. The van der Waals surface area contributed by atoms with Gasteiger partial charge >= 0.3 is 5.97 Å². The second-order valence-corrected chi connectivity index (χ2v) is 9.95. The molecular formula is C28H39F2N5O4. The maximum atomic E-state index is 13.3. The molecule has 3 rings (SSSR count). The number of aliphatic carboxylic acids is 1. The number of nitrogens with one attached hydrogen (secondary N) is 2. The Morgan fingerprint density at radius 3 is 2.74 bits per heavy atom. The average molecular weight is 548 g/mol. The van der Waals surface area contributed by atoms with Gasteiger partial charge < -0.3 is 25.4 Å². The number of carboxylic acid groups (broad SMARTS) is 1. The van der Waals surface area contributed by atoms with Gasteiger partial charge in [0.2, 0.25) is 0 Å². The zero-order valence-corrected chi connectivity index (χ0v) is 22.7. The monoisotopic (exact) mass is 547 g/mol. The number of carbonyl (C=O) groups is 2. The van der Waals surface area contributed by atoms with E-state index in [-0.39, 0.29) is 18.1 Å². The van der Waals surface area contributed by atoms with Crippen LogP contribution in [0.3, 0.4) is 0 Å². The summed E-state index contributed by atoms with van der Waals surface area (Å²) in [6, 6.07) is 5.58. The van der Waals surface area contributed by atoms with Crippen LogP contribution in [-0.4, -0.2) is 76.8 Å². The van der Waals surface area contributed by atoms with Crippen LogP contribution in [0.4, 0.5) is 14.6 Å². The number of carbonyl (C=O) groups excluding carboxylic acids is 1. The molecule has 1 aliphatic heterocycles. The van der Waals surface area contributed by atoms with Crippen LogP contribution in [0.5, 0.6) is 0 Å². The van der Waals surface area contributed by atoms with Gasteiger partial charge in [-0.1, -0.05) is 6.07 Å². The van der Waals surface area contributed by atoms with Gasteiger partial charge in [0, 0.05) is 31.5 Å². The van der Waals surface area contributed by atoms with E-state index in [1.54, 1.807) is 0 Å². The zero-order valence-electron chi connectivity index (χ0n) is 22.7. The highest BCUT2D eigenvalue weighted by molar-refractivity contribution is 5.97. The first-order chi connectivity index (χ1) is 18.7. The summed E-state index contributed by atoms with van der Waals surface area (Å²) >= 11 is 0. The van der Waals surface area contributed by atoms with Crippen LogP contribution in [0.2, 0.25) is 0 Å². The molecule has 1 atom stereocenters. The molecule has 0 bridgehead atoms. The topological polar surface area (TPSA) is 117 Å². The van der Waals surface area contributed by atoms with Crippen molar-refractivity contribution in [2.75, 3.05) is 38.1 Å². The number of aryl methyl sites for hydroxylation is 2. The number of unbranched alkanes of at least 4 members (excludes halogenated alkanes) is 1. The number of alkyl halides is 2. The van der Waals surface area contributed by atoms with Gasteiger partial charge in [-0.15, -0.1) is 0 Å². The Hall–Kier alpha value is -3.18. The maximum absolute atomic E-state index is 13.3. The quantitative estimate of drug-likeness (QED) is 0.269. The average Bonchev–Trinajstić information content (AvgIpc) is 2.92. The van der Waals surface area contributed by atoms with Crippen LogP contribution >= 0.6 is 0 Å². The minimum Gasteiger partial charge on any atom is -0.480 e. The molecule has 0 spiro atoms. The van der Waals surface area contributed by atoms with Crippen molar-refractivity contribution in [3.8, 4) is 0 Å². The molecule has 0 unspecified atom stereocenters. The lowest BCUT2D eigenvalue weighted by molar-refractivity contribution is -0.139. The highest BCUT2D eigenvalue weighted by Gasteiger charge is 2.25. The Morgan fingerprint density at radius 2 is 2.00 bits per heavy atom. The van der Waals surface area contributed by atoms with Crippen molar-refractivity contribution < 1.29 is 28.2 Å². The van der Waals surface area contributed by atoms with Crippen LogP contribution in [0.25, 0.3) is 0 Å². The lowest BCUT2D eigenvalue weighted by Gasteiger charge is -2.25. The lowest BCUT2D eigenvalue weighted by Crippen LogP contribution is -2.44. The molecule has 11 heteroatoms. The van der Waals surface area contributed by atoms with Crippen LogP contribution in [-0.2, 0) is 22.4 Å². The van der Waals surface area contributed by atoms with Crippen LogP contribution in [0.15, 0.2) is 30.5 Å². The molecule has 214 valence electrons. The fourth-order valence-electron chi connectivity index (χ4n) is 4.49. The molecule has 0 saturated carbocycles. The predicted molar refractivity (Wildman–Crippen MR) is 144 cm³/mol. The van der Waals surface area contributed by atoms with Gasteiger partial charge in [0.1, 0.15) is 17.6 Å². The summed E-state index contributed by atoms with van der Waals surface area (Å²) in [6.45, 7) is 7.08. The van der Waals surface area contributed by atoms with Crippen LogP contribution in [0, 0.1) is 0 Å². The molecule has 1 amide bonds. The summed E-state index contributed by atoms with van der Waals surface area (Å²) in [6.07, 6.45) is 3.23. The number of fused-ring (bicyclic) bond motifs is 1. The smallest absolute Gasteiger partial charge is 0.326 e. The molecule has 9 nitrogen and oxygen atoms in total. The second-order valence-electron chi connectivity index (χ2n) is 9.95. The largest absolute Gasteiger partial charge is 0.480 e. The highest BCUT2D eigenvalue weighted by Crippen LogP contribution is 2.21. The summed E-state index contributed by atoms with van der Waals surface area (Å²) in [5.74, 6) is -1.12. The number of hydrogen-bond donors (Lipinski definition) is 3. The van der Waals surface area contributed by atoms with E-state index in [1.165, 1.54) is 23.9 Å². The molecule has 3 N–H and O–H groups in total. The molecule has 39 heavy (non-hydrogen) atoms. The second kappa shape index (κ2) is 15.4. The Labute approximate surface area is 228 Å². The summed E-state index contributed by atoms with van der Waals surface area (Å²) in [7, 11) is 0. The molecule has 0 aromatic carbocycles.